The Balaban J connectivity index is 1.66. The van der Waals surface area contributed by atoms with Crippen LogP contribution in [0.3, 0.4) is 0 Å². The summed E-state index contributed by atoms with van der Waals surface area (Å²) in [6, 6.07) is 15.9. The van der Waals surface area contributed by atoms with Crippen LogP contribution in [0.1, 0.15) is 11.3 Å². The average molecular weight is 529 g/mol. The number of rotatable bonds is 10. The number of thiazole rings is 1. The number of nitrogens with zero attached hydrogens (tertiary/aromatic N) is 3. The summed E-state index contributed by atoms with van der Waals surface area (Å²) in [4.78, 5) is 14.1. The molecule has 3 heterocycles. The first-order valence-electron chi connectivity index (χ1n) is 12.0. The second kappa shape index (κ2) is 11.5. The van der Waals surface area contributed by atoms with Gasteiger partial charge >= 0.3 is 0 Å². The van der Waals surface area contributed by atoms with Crippen molar-refractivity contribution in [1.82, 2.24) is 15.0 Å². The van der Waals surface area contributed by atoms with Crippen molar-refractivity contribution >= 4 is 27.9 Å². The van der Waals surface area contributed by atoms with Crippen LogP contribution in [0.4, 0.5) is 5.82 Å². The number of benzene rings is 2. The van der Waals surface area contributed by atoms with E-state index in [4.69, 9.17) is 23.9 Å². The first kappa shape index (κ1) is 25.4. The second-order valence-electron chi connectivity index (χ2n) is 8.52. The predicted octanol–water partition coefficient (Wildman–Crippen LogP) is 6.34. The number of nitrogens with one attached hydrogen (secondary N) is 1. The lowest BCUT2D eigenvalue weighted by molar-refractivity contribution is 0.0518. The summed E-state index contributed by atoms with van der Waals surface area (Å²) in [6.07, 6.45) is 3.71. The molecule has 0 fully saturated rings. The quantitative estimate of drug-likeness (QED) is 0.210. The van der Waals surface area contributed by atoms with Crippen molar-refractivity contribution in [2.45, 2.75) is 13.5 Å². The molecule has 0 atom stereocenters. The van der Waals surface area contributed by atoms with Gasteiger partial charge in [-0.1, -0.05) is 24.3 Å². The Kier molecular flexibility index (Phi) is 7.67. The van der Waals surface area contributed by atoms with Crippen LogP contribution in [0.15, 0.2) is 66.3 Å². The molecule has 1 N–H and O–H groups in total. The number of pyridine rings is 2. The molecule has 0 aliphatic carbocycles. The maximum absolute atomic E-state index is 6.16. The summed E-state index contributed by atoms with van der Waals surface area (Å²) in [5.74, 6) is 2.56. The lowest BCUT2D eigenvalue weighted by atomic mass is 10.00. The van der Waals surface area contributed by atoms with E-state index in [-0.39, 0.29) is 6.79 Å². The maximum atomic E-state index is 6.16. The summed E-state index contributed by atoms with van der Waals surface area (Å²) >= 11 is 1.55. The Hall–Kier alpha value is -4.21. The summed E-state index contributed by atoms with van der Waals surface area (Å²) < 4.78 is 22.4. The van der Waals surface area contributed by atoms with Gasteiger partial charge in [0.1, 0.15) is 22.2 Å². The fourth-order valence-corrected chi connectivity index (χ4v) is 4.96. The first-order chi connectivity index (χ1) is 18.6. The Bertz CT molecular complexity index is 1560. The number of aromatic nitrogens is 3. The largest absolute Gasteiger partial charge is 0.497 e. The van der Waals surface area contributed by atoms with Crippen molar-refractivity contribution < 1.29 is 18.9 Å². The molecule has 0 amide bonds. The molecule has 0 aliphatic heterocycles. The summed E-state index contributed by atoms with van der Waals surface area (Å²) in [6.45, 7) is 2.47. The molecule has 9 heteroatoms. The molecule has 194 valence electrons. The first-order valence-corrected chi connectivity index (χ1v) is 12.9. The summed E-state index contributed by atoms with van der Waals surface area (Å²) in [7, 11) is 4.86. The third kappa shape index (κ3) is 5.25. The number of anilines is 1. The van der Waals surface area contributed by atoms with Crippen molar-refractivity contribution in [3.05, 3.63) is 77.6 Å². The van der Waals surface area contributed by atoms with Gasteiger partial charge in [0.15, 0.2) is 18.4 Å². The zero-order valence-electron chi connectivity index (χ0n) is 21.6. The fourth-order valence-electron chi connectivity index (χ4n) is 4.21. The molecule has 5 rings (SSSR count). The van der Waals surface area contributed by atoms with E-state index in [9.17, 15) is 0 Å². The number of hydrogen-bond acceptors (Lipinski definition) is 9. The molecule has 0 aliphatic rings. The van der Waals surface area contributed by atoms with Gasteiger partial charge in [0.2, 0.25) is 0 Å². The minimum atomic E-state index is 0.0586. The minimum Gasteiger partial charge on any atom is -0.497 e. The predicted molar refractivity (Wildman–Crippen MR) is 150 cm³/mol. The zero-order valence-corrected chi connectivity index (χ0v) is 22.5. The third-order valence-electron chi connectivity index (χ3n) is 6.03. The molecular formula is C29H28N4O4S. The molecular weight excluding hydrogens is 500 g/mol. The Morgan fingerprint density at radius 1 is 0.921 bits per heavy atom. The van der Waals surface area contributed by atoms with Crippen molar-refractivity contribution in [1.29, 1.82) is 0 Å². The van der Waals surface area contributed by atoms with Crippen LogP contribution in [0.2, 0.25) is 0 Å². The van der Waals surface area contributed by atoms with Gasteiger partial charge in [-0.25, -0.2) is 9.97 Å². The maximum Gasteiger partial charge on any atom is 0.188 e. The standard InChI is InChI=1S/C29H28N4O4S/c1-18-16-38-29(32-18)25-12-23(24-15-30-13-19-7-5-6-8-22(19)24)27(37-17-34-2)28(33-25)31-14-20-9-10-21(35-3)11-26(20)36-4/h5-13,15-16H,14,17H2,1-4H3,(H,31,33). The molecule has 0 radical (unpaired) electrons. The van der Waals surface area contributed by atoms with Gasteiger partial charge in [0.25, 0.3) is 0 Å². The van der Waals surface area contributed by atoms with Gasteiger partial charge in [-0.3, -0.25) is 4.98 Å². The highest BCUT2D eigenvalue weighted by Gasteiger charge is 2.20. The van der Waals surface area contributed by atoms with Crippen LogP contribution in [-0.4, -0.2) is 43.1 Å². The Morgan fingerprint density at radius 3 is 2.55 bits per heavy atom. The summed E-state index contributed by atoms with van der Waals surface area (Å²) in [5.41, 5.74) is 4.39. The Morgan fingerprint density at radius 2 is 1.79 bits per heavy atom. The van der Waals surface area contributed by atoms with Crippen molar-refractivity contribution in [2.75, 3.05) is 33.4 Å². The number of aryl methyl sites for hydroxylation is 1. The molecule has 0 unspecified atom stereocenters. The van der Waals surface area contributed by atoms with E-state index in [1.807, 2.05) is 67.2 Å². The normalized spacial score (nSPS) is 10.9. The molecule has 5 aromatic rings. The van der Waals surface area contributed by atoms with E-state index in [1.54, 1.807) is 32.7 Å². The highest BCUT2D eigenvalue weighted by atomic mass is 32.1. The number of fused-ring (bicyclic) bond motifs is 1. The van der Waals surface area contributed by atoms with E-state index in [0.717, 1.165) is 49.6 Å². The minimum absolute atomic E-state index is 0.0586. The van der Waals surface area contributed by atoms with Crippen LogP contribution < -0.4 is 19.5 Å². The van der Waals surface area contributed by atoms with E-state index < -0.39 is 0 Å². The monoisotopic (exact) mass is 528 g/mol. The lowest BCUT2D eigenvalue weighted by Gasteiger charge is -2.19. The van der Waals surface area contributed by atoms with Crippen LogP contribution in [0.25, 0.3) is 32.6 Å². The second-order valence-corrected chi connectivity index (χ2v) is 9.38. The molecule has 2 aromatic carbocycles. The summed E-state index contributed by atoms with van der Waals surface area (Å²) in [5, 5.41) is 8.39. The van der Waals surface area contributed by atoms with Crippen molar-refractivity contribution in [3.63, 3.8) is 0 Å². The number of ether oxygens (including phenoxy) is 4. The van der Waals surface area contributed by atoms with Crippen LogP contribution in [-0.2, 0) is 11.3 Å². The van der Waals surface area contributed by atoms with Gasteiger partial charge in [-0.2, -0.15) is 0 Å². The molecule has 0 bridgehead atoms. The van der Waals surface area contributed by atoms with Gasteiger partial charge in [0, 0.05) is 65.3 Å². The van der Waals surface area contributed by atoms with Crippen molar-refractivity contribution in [2.24, 2.45) is 0 Å². The molecule has 0 spiro atoms. The molecule has 3 aromatic heterocycles. The smallest absolute Gasteiger partial charge is 0.188 e. The van der Waals surface area contributed by atoms with Crippen LogP contribution in [0.5, 0.6) is 17.2 Å². The third-order valence-corrected chi connectivity index (χ3v) is 7.01. The molecule has 0 saturated carbocycles. The van der Waals surface area contributed by atoms with E-state index in [1.165, 1.54) is 0 Å². The number of methoxy groups -OCH3 is 3. The highest BCUT2D eigenvalue weighted by molar-refractivity contribution is 7.13. The Labute approximate surface area is 225 Å². The van der Waals surface area contributed by atoms with E-state index >= 15 is 0 Å². The molecule has 38 heavy (non-hydrogen) atoms. The fraction of sp³-hybridized carbons (Fsp3) is 0.207. The van der Waals surface area contributed by atoms with E-state index in [0.29, 0.717) is 23.9 Å². The van der Waals surface area contributed by atoms with Gasteiger partial charge < -0.3 is 24.3 Å². The van der Waals surface area contributed by atoms with E-state index in [2.05, 4.69) is 21.4 Å². The van der Waals surface area contributed by atoms with Gasteiger partial charge in [-0.15, -0.1) is 11.3 Å². The highest BCUT2D eigenvalue weighted by Crippen LogP contribution is 2.42. The van der Waals surface area contributed by atoms with Gasteiger partial charge in [0.05, 0.1) is 14.2 Å². The molecule has 8 nitrogen and oxygen atoms in total. The molecule has 0 saturated heterocycles. The zero-order chi connectivity index (χ0) is 26.5. The van der Waals surface area contributed by atoms with Crippen molar-refractivity contribution in [3.8, 4) is 39.1 Å². The van der Waals surface area contributed by atoms with Gasteiger partial charge in [-0.05, 0) is 30.5 Å². The SMILES string of the molecule is COCOc1c(-c2cncc3ccccc23)cc(-c2nc(C)cs2)nc1NCc1ccc(OC)cc1OC. The average Bonchev–Trinajstić information content (AvgIpc) is 3.40. The lowest BCUT2D eigenvalue weighted by Crippen LogP contribution is -2.09. The van der Waals surface area contributed by atoms with Crippen LogP contribution >= 0.6 is 11.3 Å². The van der Waals surface area contributed by atoms with Crippen LogP contribution in [0, 0.1) is 6.92 Å². The topological polar surface area (TPSA) is 87.6 Å². The number of hydrogen-bond donors (Lipinski definition) is 1.